The summed E-state index contributed by atoms with van der Waals surface area (Å²) in [6.45, 7) is 0. The molecule has 0 saturated carbocycles. The first-order valence-corrected chi connectivity index (χ1v) is 5.49. The van der Waals surface area contributed by atoms with Gasteiger partial charge in [-0.2, -0.15) is 0 Å². The Bertz CT molecular complexity index is 584. The second-order valence-electron chi connectivity index (χ2n) is 3.62. The summed E-state index contributed by atoms with van der Waals surface area (Å²) in [5, 5.41) is 12.4. The lowest BCUT2D eigenvalue weighted by Crippen LogP contribution is -2.12. The van der Waals surface area contributed by atoms with Gasteiger partial charge < -0.3 is 10.4 Å². The molecule has 92 valence electrons. The summed E-state index contributed by atoms with van der Waals surface area (Å²) >= 11 is 5.74. The number of carbonyl (C=O) groups is 1. The van der Waals surface area contributed by atoms with Crippen molar-refractivity contribution in [3.63, 3.8) is 0 Å². The molecule has 0 radical (unpaired) electrons. The number of hydrogen-bond acceptors (Lipinski definition) is 2. The Hall–Kier alpha value is -2.07. The van der Waals surface area contributed by atoms with Crippen molar-refractivity contribution in [2.24, 2.45) is 0 Å². The Morgan fingerprint density at radius 1 is 1.17 bits per heavy atom. The van der Waals surface area contributed by atoms with Crippen molar-refractivity contribution in [1.29, 1.82) is 0 Å². The number of carbonyl (C=O) groups excluding carboxylic acids is 1. The third kappa shape index (κ3) is 2.78. The van der Waals surface area contributed by atoms with E-state index in [0.717, 1.165) is 0 Å². The van der Waals surface area contributed by atoms with Crippen LogP contribution < -0.4 is 5.32 Å². The van der Waals surface area contributed by atoms with Crippen LogP contribution >= 0.6 is 11.6 Å². The quantitative estimate of drug-likeness (QED) is 0.874. The Morgan fingerprint density at radius 3 is 2.50 bits per heavy atom. The summed E-state index contributed by atoms with van der Waals surface area (Å²) < 4.78 is 12.7. The fraction of sp³-hybridized carbons (Fsp3) is 0. The first-order valence-electron chi connectivity index (χ1n) is 5.12. The second-order valence-corrected chi connectivity index (χ2v) is 4.06. The lowest BCUT2D eigenvalue weighted by Gasteiger charge is -2.07. The van der Waals surface area contributed by atoms with Gasteiger partial charge in [-0.15, -0.1) is 0 Å². The van der Waals surface area contributed by atoms with Gasteiger partial charge in [0.15, 0.2) is 0 Å². The summed E-state index contributed by atoms with van der Waals surface area (Å²) in [5.74, 6) is -1.07. The van der Waals surface area contributed by atoms with Gasteiger partial charge in [-0.1, -0.05) is 11.6 Å². The van der Waals surface area contributed by atoms with Crippen LogP contribution in [0.2, 0.25) is 5.02 Å². The fourth-order valence-corrected chi connectivity index (χ4v) is 1.59. The molecule has 2 aromatic rings. The first kappa shape index (κ1) is 12.4. The molecule has 0 spiro atoms. The normalized spacial score (nSPS) is 10.1. The molecule has 0 saturated heterocycles. The molecule has 2 N–H and O–H groups in total. The molecule has 2 rings (SSSR count). The van der Waals surface area contributed by atoms with Gasteiger partial charge in [0.05, 0.1) is 5.56 Å². The van der Waals surface area contributed by atoms with E-state index in [4.69, 9.17) is 11.6 Å². The van der Waals surface area contributed by atoms with Crippen LogP contribution in [0.25, 0.3) is 0 Å². The number of phenols is 1. The molecule has 0 atom stereocenters. The Morgan fingerprint density at radius 2 is 1.83 bits per heavy atom. The van der Waals surface area contributed by atoms with Crippen LogP contribution in [0, 0.1) is 5.82 Å². The predicted molar refractivity (Wildman–Crippen MR) is 67.5 cm³/mol. The number of nitrogens with one attached hydrogen (secondary N) is 1. The third-order valence-electron chi connectivity index (χ3n) is 2.31. The van der Waals surface area contributed by atoms with Crippen LogP contribution in [-0.2, 0) is 0 Å². The molecular weight excluding hydrogens is 257 g/mol. The molecule has 0 bridgehead atoms. The number of phenolic OH excluding ortho intramolecular Hbond substituents is 1. The van der Waals surface area contributed by atoms with E-state index in [-0.39, 0.29) is 11.3 Å². The number of hydrogen-bond donors (Lipinski definition) is 2. The van der Waals surface area contributed by atoms with Crippen molar-refractivity contribution in [3.05, 3.63) is 58.9 Å². The van der Waals surface area contributed by atoms with Gasteiger partial charge in [0.2, 0.25) is 0 Å². The Labute approximate surface area is 108 Å². The third-order valence-corrected chi connectivity index (χ3v) is 2.54. The highest BCUT2D eigenvalue weighted by Crippen LogP contribution is 2.22. The number of rotatable bonds is 2. The SMILES string of the molecule is O=C(Nc1ccc(F)cc1)c1cc(Cl)ccc1O. The van der Waals surface area contributed by atoms with E-state index in [2.05, 4.69) is 5.32 Å². The van der Waals surface area contributed by atoms with Crippen LogP contribution in [0.5, 0.6) is 5.75 Å². The van der Waals surface area contributed by atoms with Crippen LogP contribution in [0.3, 0.4) is 0 Å². The van der Waals surface area contributed by atoms with Gasteiger partial charge in [-0.05, 0) is 42.5 Å². The van der Waals surface area contributed by atoms with Gasteiger partial charge in [0.1, 0.15) is 11.6 Å². The molecule has 18 heavy (non-hydrogen) atoms. The molecule has 0 unspecified atom stereocenters. The summed E-state index contributed by atoms with van der Waals surface area (Å²) in [7, 11) is 0. The maximum atomic E-state index is 12.7. The minimum atomic E-state index is -0.512. The van der Waals surface area contributed by atoms with Crippen molar-refractivity contribution < 1.29 is 14.3 Å². The maximum absolute atomic E-state index is 12.7. The predicted octanol–water partition coefficient (Wildman–Crippen LogP) is 3.44. The molecule has 5 heteroatoms. The average molecular weight is 266 g/mol. The number of amides is 1. The van der Waals surface area contributed by atoms with Crippen molar-refractivity contribution in [1.82, 2.24) is 0 Å². The molecule has 0 fully saturated rings. The lowest BCUT2D eigenvalue weighted by atomic mass is 10.2. The lowest BCUT2D eigenvalue weighted by molar-refractivity contribution is 0.102. The summed E-state index contributed by atoms with van der Waals surface area (Å²) in [5.41, 5.74) is 0.493. The van der Waals surface area contributed by atoms with E-state index in [1.165, 1.54) is 42.5 Å². The smallest absolute Gasteiger partial charge is 0.259 e. The summed E-state index contributed by atoms with van der Waals surface area (Å²) in [6, 6.07) is 9.48. The zero-order chi connectivity index (χ0) is 13.1. The molecule has 0 aliphatic heterocycles. The fourth-order valence-electron chi connectivity index (χ4n) is 1.42. The van der Waals surface area contributed by atoms with Crippen LogP contribution in [0.15, 0.2) is 42.5 Å². The zero-order valence-corrected chi connectivity index (χ0v) is 9.91. The van der Waals surface area contributed by atoms with Crippen molar-refractivity contribution in [3.8, 4) is 5.75 Å². The molecule has 3 nitrogen and oxygen atoms in total. The van der Waals surface area contributed by atoms with Crippen molar-refractivity contribution in [2.75, 3.05) is 5.32 Å². The van der Waals surface area contributed by atoms with Gasteiger partial charge in [0, 0.05) is 10.7 Å². The number of benzene rings is 2. The summed E-state index contributed by atoms with van der Waals surface area (Å²) in [6.07, 6.45) is 0. The average Bonchev–Trinajstić information content (AvgIpc) is 2.35. The van der Waals surface area contributed by atoms with E-state index in [1.807, 2.05) is 0 Å². The van der Waals surface area contributed by atoms with Gasteiger partial charge in [-0.3, -0.25) is 4.79 Å². The second kappa shape index (κ2) is 5.06. The standard InChI is InChI=1S/C13H9ClFNO2/c14-8-1-6-12(17)11(7-8)13(18)16-10-4-2-9(15)3-5-10/h1-7,17H,(H,16,18). The molecule has 0 heterocycles. The van der Waals surface area contributed by atoms with Gasteiger partial charge in [0.25, 0.3) is 5.91 Å². The highest BCUT2D eigenvalue weighted by atomic mass is 35.5. The van der Waals surface area contributed by atoms with E-state index < -0.39 is 11.7 Å². The number of aromatic hydroxyl groups is 1. The van der Waals surface area contributed by atoms with E-state index >= 15 is 0 Å². The van der Waals surface area contributed by atoms with Crippen molar-refractivity contribution >= 4 is 23.2 Å². The first-order chi connectivity index (χ1) is 8.56. The zero-order valence-electron chi connectivity index (χ0n) is 9.15. The monoisotopic (exact) mass is 265 g/mol. The van der Waals surface area contributed by atoms with Crippen LogP contribution in [0.4, 0.5) is 10.1 Å². The number of halogens is 2. The topological polar surface area (TPSA) is 49.3 Å². The van der Waals surface area contributed by atoms with Gasteiger partial charge in [-0.25, -0.2) is 4.39 Å². The molecule has 0 aliphatic rings. The van der Waals surface area contributed by atoms with E-state index in [9.17, 15) is 14.3 Å². The molecule has 2 aromatic carbocycles. The molecule has 1 amide bonds. The van der Waals surface area contributed by atoms with Crippen molar-refractivity contribution in [2.45, 2.75) is 0 Å². The van der Waals surface area contributed by atoms with Crippen LogP contribution in [0.1, 0.15) is 10.4 Å². The maximum Gasteiger partial charge on any atom is 0.259 e. The van der Waals surface area contributed by atoms with Crippen LogP contribution in [-0.4, -0.2) is 11.0 Å². The van der Waals surface area contributed by atoms with Gasteiger partial charge >= 0.3 is 0 Å². The Balaban J connectivity index is 2.21. The highest BCUT2D eigenvalue weighted by molar-refractivity contribution is 6.31. The molecule has 0 aliphatic carbocycles. The van der Waals surface area contributed by atoms with E-state index in [0.29, 0.717) is 10.7 Å². The molecule has 0 aromatic heterocycles. The van der Waals surface area contributed by atoms with E-state index in [1.54, 1.807) is 0 Å². The number of anilines is 1. The molecular formula is C13H9ClFNO2. The minimum Gasteiger partial charge on any atom is -0.507 e. The Kier molecular flexibility index (Phi) is 3.48. The summed E-state index contributed by atoms with van der Waals surface area (Å²) in [4.78, 5) is 11.8. The minimum absolute atomic E-state index is 0.0619. The highest BCUT2D eigenvalue weighted by Gasteiger charge is 2.11. The largest absolute Gasteiger partial charge is 0.507 e.